The van der Waals surface area contributed by atoms with Crippen molar-refractivity contribution in [2.24, 2.45) is 0 Å². The van der Waals surface area contributed by atoms with Crippen molar-refractivity contribution in [3.8, 4) is 33.9 Å². The topological polar surface area (TPSA) is 122 Å². The number of nitrogen functional groups attached to an aromatic ring is 1. The fraction of sp³-hybridized carbons (Fsp3) is 0. The normalized spacial score (nSPS) is 11.5. The van der Waals surface area contributed by atoms with Gasteiger partial charge in [0.2, 0.25) is 0 Å². The van der Waals surface area contributed by atoms with Crippen LogP contribution >= 0.6 is 0 Å². The van der Waals surface area contributed by atoms with Crippen LogP contribution in [0.25, 0.3) is 55.8 Å². The van der Waals surface area contributed by atoms with Crippen molar-refractivity contribution in [3.63, 3.8) is 0 Å². The minimum atomic E-state index is -0.428. The molecule has 0 saturated heterocycles. The molecule has 0 aliphatic carbocycles. The van der Waals surface area contributed by atoms with E-state index >= 15 is 4.39 Å². The molecule has 0 unspecified atom stereocenters. The lowest BCUT2D eigenvalue weighted by Crippen LogP contribution is -1.91. The summed E-state index contributed by atoms with van der Waals surface area (Å²) in [6, 6.07) is 8.75. The van der Waals surface area contributed by atoms with Gasteiger partial charge < -0.3 is 15.1 Å². The van der Waals surface area contributed by atoms with E-state index in [1.54, 1.807) is 43.1 Å². The van der Waals surface area contributed by atoms with Gasteiger partial charge in [-0.15, -0.1) is 0 Å². The Hall–Kier alpha value is -4.53. The lowest BCUT2D eigenvalue weighted by atomic mass is 10.0. The van der Waals surface area contributed by atoms with Crippen molar-refractivity contribution >= 4 is 27.6 Å². The Morgan fingerprint density at radius 2 is 1.94 bits per heavy atom. The van der Waals surface area contributed by atoms with Gasteiger partial charge in [-0.25, -0.2) is 9.37 Å². The SMILES string of the molecule is Nc1cncc(-c2ccc3[nH]nc(-c4nc5c(-c6ccoc6)nccc5[nH]4)c3c2F)c1. The van der Waals surface area contributed by atoms with Crippen molar-refractivity contribution in [2.75, 3.05) is 5.73 Å². The molecule has 6 aromatic rings. The molecule has 150 valence electrons. The summed E-state index contributed by atoms with van der Waals surface area (Å²) in [5, 5.41) is 7.54. The second kappa shape index (κ2) is 6.49. The maximum atomic E-state index is 15.6. The number of fused-ring (bicyclic) bond motifs is 2. The maximum absolute atomic E-state index is 15.6. The van der Waals surface area contributed by atoms with Crippen molar-refractivity contribution in [1.29, 1.82) is 0 Å². The van der Waals surface area contributed by atoms with Crippen molar-refractivity contribution in [3.05, 3.63) is 67.3 Å². The maximum Gasteiger partial charge on any atom is 0.159 e. The van der Waals surface area contributed by atoms with Gasteiger partial charge in [0.05, 0.1) is 34.6 Å². The number of anilines is 1. The van der Waals surface area contributed by atoms with E-state index < -0.39 is 5.82 Å². The molecule has 1 aromatic carbocycles. The van der Waals surface area contributed by atoms with Crippen LogP contribution in [-0.2, 0) is 0 Å². The van der Waals surface area contributed by atoms with Crippen LogP contribution in [0.1, 0.15) is 0 Å². The standard InChI is InChI=1S/C22H14FN7O/c23-18-14(12-7-13(24)9-25-8-12)1-2-15-17(18)21(30-29-15)22-27-16-3-5-26-19(20(16)28-22)11-4-6-31-10-11/h1-10H,24H2,(H,27,28)(H,29,30). The molecule has 0 bridgehead atoms. The number of H-pyrrole nitrogens is 2. The van der Waals surface area contributed by atoms with Crippen LogP contribution in [-0.4, -0.2) is 30.1 Å². The Morgan fingerprint density at radius 1 is 1.00 bits per heavy atom. The van der Waals surface area contributed by atoms with E-state index in [2.05, 4.69) is 30.1 Å². The minimum Gasteiger partial charge on any atom is -0.472 e. The smallest absolute Gasteiger partial charge is 0.159 e. The number of imidazole rings is 1. The van der Waals surface area contributed by atoms with E-state index in [1.165, 1.54) is 6.20 Å². The number of hydrogen-bond acceptors (Lipinski definition) is 6. The largest absolute Gasteiger partial charge is 0.472 e. The molecular formula is C22H14FN7O. The lowest BCUT2D eigenvalue weighted by Gasteiger charge is -2.05. The Morgan fingerprint density at radius 3 is 2.77 bits per heavy atom. The zero-order valence-corrected chi connectivity index (χ0v) is 15.9. The minimum absolute atomic E-state index is 0.330. The van der Waals surface area contributed by atoms with Crippen LogP contribution in [0.4, 0.5) is 10.1 Å². The van der Waals surface area contributed by atoms with Gasteiger partial charge in [0.25, 0.3) is 0 Å². The highest BCUT2D eigenvalue weighted by Crippen LogP contribution is 2.35. The van der Waals surface area contributed by atoms with Gasteiger partial charge >= 0.3 is 0 Å². The zero-order valence-electron chi connectivity index (χ0n) is 15.9. The van der Waals surface area contributed by atoms with Gasteiger partial charge in [0.1, 0.15) is 22.7 Å². The van der Waals surface area contributed by atoms with Crippen molar-refractivity contribution in [2.45, 2.75) is 0 Å². The Labute approximate surface area is 174 Å². The van der Waals surface area contributed by atoms with Gasteiger partial charge in [-0.3, -0.25) is 15.1 Å². The molecule has 0 amide bonds. The molecule has 0 aliphatic heterocycles. The Bertz CT molecular complexity index is 1570. The van der Waals surface area contributed by atoms with E-state index in [0.29, 0.717) is 50.4 Å². The molecule has 0 spiro atoms. The highest BCUT2D eigenvalue weighted by atomic mass is 19.1. The third kappa shape index (κ3) is 2.67. The van der Waals surface area contributed by atoms with Crippen molar-refractivity contribution in [1.82, 2.24) is 30.1 Å². The highest BCUT2D eigenvalue weighted by Gasteiger charge is 2.20. The quantitative estimate of drug-likeness (QED) is 0.393. The summed E-state index contributed by atoms with van der Waals surface area (Å²) in [5.74, 6) is 0.00281. The lowest BCUT2D eigenvalue weighted by molar-refractivity contribution is 0.568. The average Bonchev–Trinajstić information content (AvgIpc) is 3.52. The summed E-state index contributed by atoms with van der Waals surface area (Å²) in [7, 11) is 0. The summed E-state index contributed by atoms with van der Waals surface area (Å²) >= 11 is 0. The van der Waals surface area contributed by atoms with Gasteiger partial charge in [0, 0.05) is 35.3 Å². The fourth-order valence-electron chi connectivity index (χ4n) is 3.73. The van der Waals surface area contributed by atoms with E-state index in [9.17, 15) is 0 Å². The molecule has 31 heavy (non-hydrogen) atoms. The first-order chi connectivity index (χ1) is 15.2. The van der Waals surface area contributed by atoms with Crippen LogP contribution in [0.3, 0.4) is 0 Å². The predicted octanol–water partition coefficient (Wildman–Crippen LogP) is 4.54. The third-order valence-electron chi connectivity index (χ3n) is 5.16. The first kappa shape index (κ1) is 17.3. The van der Waals surface area contributed by atoms with Crippen LogP contribution in [0.15, 0.2) is 65.9 Å². The molecule has 0 atom stereocenters. The van der Waals surface area contributed by atoms with Crippen LogP contribution < -0.4 is 5.73 Å². The van der Waals surface area contributed by atoms with Crippen LogP contribution in [0.2, 0.25) is 0 Å². The van der Waals surface area contributed by atoms with Gasteiger partial charge in [-0.05, 0) is 30.3 Å². The van der Waals surface area contributed by atoms with Gasteiger partial charge in [-0.2, -0.15) is 5.10 Å². The first-order valence-corrected chi connectivity index (χ1v) is 9.44. The number of rotatable bonds is 3. The number of nitrogens with one attached hydrogen (secondary N) is 2. The van der Waals surface area contributed by atoms with Gasteiger partial charge in [-0.1, -0.05) is 0 Å². The summed E-state index contributed by atoms with van der Waals surface area (Å²) in [6.45, 7) is 0. The zero-order chi connectivity index (χ0) is 20.9. The summed E-state index contributed by atoms with van der Waals surface area (Å²) in [6.07, 6.45) is 7.95. The molecule has 6 rings (SSSR count). The van der Waals surface area contributed by atoms with E-state index in [-0.39, 0.29) is 0 Å². The number of aromatic amines is 2. The number of benzene rings is 1. The molecule has 4 N–H and O–H groups in total. The molecule has 0 radical (unpaired) electrons. The van der Waals surface area contributed by atoms with Gasteiger partial charge in [0.15, 0.2) is 5.82 Å². The number of furan rings is 1. The number of nitrogens with zero attached hydrogens (tertiary/aromatic N) is 4. The first-order valence-electron chi connectivity index (χ1n) is 9.44. The van der Waals surface area contributed by atoms with E-state index in [0.717, 1.165) is 11.1 Å². The fourth-order valence-corrected chi connectivity index (χ4v) is 3.73. The average molecular weight is 411 g/mol. The Balaban J connectivity index is 1.56. The molecule has 0 saturated carbocycles. The Kier molecular flexibility index (Phi) is 3.63. The molecule has 9 heteroatoms. The molecular weight excluding hydrogens is 397 g/mol. The third-order valence-corrected chi connectivity index (χ3v) is 5.16. The number of pyridine rings is 2. The van der Waals surface area contributed by atoms with Crippen molar-refractivity contribution < 1.29 is 8.81 Å². The number of nitrogens with two attached hydrogens (primary N) is 1. The van der Waals surface area contributed by atoms with E-state index in [1.807, 2.05) is 12.1 Å². The number of hydrogen-bond donors (Lipinski definition) is 3. The summed E-state index contributed by atoms with van der Waals surface area (Å²) < 4.78 is 20.8. The number of aromatic nitrogens is 6. The molecule has 5 heterocycles. The molecule has 5 aromatic heterocycles. The highest BCUT2D eigenvalue weighted by molar-refractivity contribution is 5.98. The van der Waals surface area contributed by atoms with Crippen LogP contribution in [0, 0.1) is 5.82 Å². The van der Waals surface area contributed by atoms with Crippen LogP contribution in [0.5, 0.6) is 0 Å². The number of halogens is 1. The monoisotopic (exact) mass is 411 g/mol. The van der Waals surface area contributed by atoms with E-state index in [4.69, 9.17) is 10.2 Å². The summed E-state index contributed by atoms with van der Waals surface area (Å²) in [5.41, 5.74) is 11.1. The predicted molar refractivity (Wildman–Crippen MR) is 114 cm³/mol. The summed E-state index contributed by atoms with van der Waals surface area (Å²) in [4.78, 5) is 16.4. The molecule has 0 fully saturated rings. The molecule has 8 nitrogen and oxygen atoms in total. The second-order valence-corrected chi connectivity index (χ2v) is 7.08. The second-order valence-electron chi connectivity index (χ2n) is 7.08. The molecule has 0 aliphatic rings.